The van der Waals surface area contributed by atoms with Gasteiger partial charge < -0.3 is 19.7 Å². The van der Waals surface area contributed by atoms with Gasteiger partial charge in [-0.05, 0) is 63.9 Å². The van der Waals surface area contributed by atoms with Gasteiger partial charge in [0.2, 0.25) is 5.91 Å². The number of H-pyrrole nitrogens is 1. The van der Waals surface area contributed by atoms with Crippen molar-refractivity contribution in [3.63, 3.8) is 0 Å². The molecule has 0 bridgehead atoms. The van der Waals surface area contributed by atoms with Crippen molar-refractivity contribution in [1.29, 1.82) is 0 Å². The summed E-state index contributed by atoms with van der Waals surface area (Å²) in [6, 6.07) is 8.20. The third-order valence-corrected chi connectivity index (χ3v) is 7.31. The fourth-order valence-electron chi connectivity index (χ4n) is 5.45. The quantitative estimate of drug-likeness (QED) is 0.612. The van der Waals surface area contributed by atoms with Crippen LogP contribution < -0.4 is 0 Å². The van der Waals surface area contributed by atoms with Crippen molar-refractivity contribution < 1.29 is 9.59 Å². The number of unbranched alkanes of at least 4 members (excludes halogenated alkanes) is 2. The molecule has 2 aliphatic rings. The van der Waals surface area contributed by atoms with Crippen LogP contribution >= 0.6 is 0 Å². The Bertz CT molecular complexity index is 960. The summed E-state index contributed by atoms with van der Waals surface area (Å²) in [5.74, 6) is 0.114. The molecule has 0 radical (unpaired) electrons. The van der Waals surface area contributed by atoms with Gasteiger partial charge in [0.15, 0.2) is 5.54 Å². The number of rotatable bonds is 10. The molecule has 4 rings (SSSR count). The van der Waals surface area contributed by atoms with E-state index < -0.39 is 5.54 Å². The van der Waals surface area contributed by atoms with Gasteiger partial charge in [-0.25, -0.2) is 0 Å². The Hall–Kier alpha value is -2.34. The summed E-state index contributed by atoms with van der Waals surface area (Å²) in [5, 5.41) is 1.17. The highest BCUT2D eigenvalue weighted by molar-refractivity contribution is 6.00. The van der Waals surface area contributed by atoms with Gasteiger partial charge in [0.05, 0.1) is 12.2 Å². The van der Waals surface area contributed by atoms with Crippen LogP contribution in [-0.4, -0.2) is 70.8 Å². The molecular weight excluding hydrogens is 400 g/mol. The predicted octanol–water partition coefficient (Wildman–Crippen LogP) is 3.90. The second kappa shape index (κ2) is 9.65. The highest BCUT2D eigenvalue weighted by Gasteiger charge is 2.53. The molecule has 0 spiro atoms. The standard InChI is InChI=1S/C26H38N4O2/c1-4-6-14-28(15-7-5-2)16-10-17-29-19-23(31)30-18-13-21-20-11-8-9-12-22(20)27-24(21)26(30,3)25(29)32/h8-9,11-12,27H,4-7,10,13-19H2,1-3H3. The van der Waals surface area contributed by atoms with Crippen LogP contribution in [0.1, 0.15) is 64.1 Å². The average Bonchev–Trinajstić information content (AvgIpc) is 3.18. The van der Waals surface area contributed by atoms with Crippen LogP contribution in [0, 0.1) is 0 Å². The van der Waals surface area contributed by atoms with Gasteiger partial charge in [-0.1, -0.05) is 44.9 Å². The fraction of sp³-hybridized carbons (Fsp3) is 0.615. The van der Waals surface area contributed by atoms with Gasteiger partial charge in [0, 0.05) is 24.0 Å². The molecule has 0 saturated carbocycles. The topological polar surface area (TPSA) is 59.6 Å². The second-order valence-electron chi connectivity index (χ2n) is 9.52. The first-order valence-corrected chi connectivity index (χ1v) is 12.4. The Morgan fingerprint density at radius 3 is 2.44 bits per heavy atom. The number of para-hydroxylation sites is 1. The summed E-state index contributed by atoms with van der Waals surface area (Å²) >= 11 is 0. The van der Waals surface area contributed by atoms with Crippen molar-refractivity contribution in [3.8, 4) is 0 Å². The Morgan fingerprint density at radius 2 is 1.72 bits per heavy atom. The van der Waals surface area contributed by atoms with E-state index in [1.165, 1.54) is 36.6 Å². The summed E-state index contributed by atoms with van der Waals surface area (Å²) < 4.78 is 0. The Balaban J connectivity index is 1.51. The second-order valence-corrected chi connectivity index (χ2v) is 9.52. The lowest BCUT2D eigenvalue weighted by atomic mass is 9.83. The average molecular weight is 439 g/mol. The molecular formula is C26H38N4O2. The van der Waals surface area contributed by atoms with E-state index in [4.69, 9.17) is 0 Å². The molecule has 2 aliphatic heterocycles. The van der Waals surface area contributed by atoms with Crippen molar-refractivity contribution >= 4 is 22.7 Å². The number of carbonyl (C=O) groups excluding carboxylic acids is 2. The number of carbonyl (C=O) groups is 2. The first-order valence-electron chi connectivity index (χ1n) is 12.4. The third kappa shape index (κ3) is 4.05. The number of hydrogen-bond acceptors (Lipinski definition) is 3. The van der Waals surface area contributed by atoms with Crippen molar-refractivity contribution in [3.05, 3.63) is 35.5 Å². The predicted molar refractivity (Wildman–Crippen MR) is 129 cm³/mol. The maximum atomic E-state index is 13.8. The molecule has 32 heavy (non-hydrogen) atoms. The van der Waals surface area contributed by atoms with Gasteiger partial charge in [-0.3, -0.25) is 9.59 Å². The van der Waals surface area contributed by atoms with E-state index in [0.717, 1.165) is 43.7 Å². The van der Waals surface area contributed by atoms with Crippen LogP contribution in [0.3, 0.4) is 0 Å². The number of fused-ring (bicyclic) bond motifs is 5. The number of nitrogens with zero attached hydrogens (tertiary/aromatic N) is 3. The SMILES string of the molecule is CCCCN(CCCC)CCCN1CC(=O)N2CCc3c([nH]c4ccccc34)C2(C)C1=O. The molecule has 6 heteroatoms. The first kappa shape index (κ1) is 22.8. The minimum absolute atomic E-state index is 0.0540. The summed E-state index contributed by atoms with van der Waals surface area (Å²) in [6.07, 6.45) is 6.51. The van der Waals surface area contributed by atoms with Crippen LogP contribution in [-0.2, 0) is 21.5 Å². The smallest absolute Gasteiger partial charge is 0.254 e. The normalized spacial score (nSPS) is 20.9. The maximum absolute atomic E-state index is 13.8. The summed E-state index contributed by atoms with van der Waals surface area (Å²) in [7, 11) is 0. The lowest BCUT2D eigenvalue weighted by Gasteiger charge is -2.49. The van der Waals surface area contributed by atoms with Gasteiger partial charge >= 0.3 is 0 Å². The van der Waals surface area contributed by atoms with Crippen LogP contribution in [0.5, 0.6) is 0 Å². The van der Waals surface area contributed by atoms with Crippen LogP contribution in [0.25, 0.3) is 10.9 Å². The molecule has 1 unspecified atom stereocenters. The Morgan fingerprint density at radius 1 is 1.03 bits per heavy atom. The number of aromatic nitrogens is 1. The third-order valence-electron chi connectivity index (χ3n) is 7.31. The number of amides is 2. The number of piperazine rings is 1. The van der Waals surface area contributed by atoms with Gasteiger partial charge in [-0.2, -0.15) is 0 Å². The van der Waals surface area contributed by atoms with Crippen molar-refractivity contribution in [1.82, 2.24) is 19.7 Å². The number of aromatic amines is 1. The van der Waals surface area contributed by atoms with E-state index in [0.29, 0.717) is 13.1 Å². The lowest BCUT2D eigenvalue weighted by Crippen LogP contribution is -2.67. The zero-order valence-corrected chi connectivity index (χ0v) is 20.0. The Kier molecular flexibility index (Phi) is 6.89. The molecule has 1 aromatic carbocycles. The number of hydrogen-bond donors (Lipinski definition) is 1. The molecule has 0 aliphatic carbocycles. The minimum Gasteiger partial charge on any atom is -0.356 e. The van der Waals surface area contributed by atoms with E-state index >= 15 is 0 Å². The van der Waals surface area contributed by atoms with Crippen LogP contribution in [0.15, 0.2) is 24.3 Å². The summed E-state index contributed by atoms with van der Waals surface area (Å²) in [6.45, 7) is 11.0. The van der Waals surface area contributed by atoms with Gasteiger partial charge in [-0.15, -0.1) is 0 Å². The molecule has 6 nitrogen and oxygen atoms in total. The summed E-state index contributed by atoms with van der Waals surface area (Å²) in [4.78, 5) is 36.5. The van der Waals surface area contributed by atoms with Crippen LogP contribution in [0.4, 0.5) is 0 Å². The zero-order chi connectivity index (χ0) is 22.7. The van der Waals surface area contributed by atoms with Gasteiger partial charge in [0.1, 0.15) is 0 Å². The van der Waals surface area contributed by atoms with E-state index in [-0.39, 0.29) is 18.4 Å². The van der Waals surface area contributed by atoms with E-state index in [1.54, 1.807) is 9.80 Å². The maximum Gasteiger partial charge on any atom is 0.254 e. The van der Waals surface area contributed by atoms with E-state index in [2.05, 4.69) is 35.9 Å². The molecule has 1 atom stereocenters. The van der Waals surface area contributed by atoms with Crippen molar-refractivity contribution in [2.45, 2.75) is 64.8 Å². The molecule has 174 valence electrons. The van der Waals surface area contributed by atoms with E-state index in [9.17, 15) is 9.59 Å². The molecule has 1 aromatic heterocycles. The minimum atomic E-state index is -0.938. The van der Waals surface area contributed by atoms with Gasteiger partial charge in [0.25, 0.3) is 5.91 Å². The largest absolute Gasteiger partial charge is 0.356 e. The first-order chi connectivity index (χ1) is 15.5. The zero-order valence-electron chi connectivity index (χ0n) is 20.0. The fourth-order valence-corrected chi connectivity index (χ4v) is 5.45. The molecule has 2 amide bonds. The highest BCUT2D eigenvalue weighted by Crippen LogP contribution is 2.41. The van der Waals surface area contributed by atoms with Crippen LogP contribution in [0.2, 0.25) is 0 Å². The van der Waals surface area contributed by atoms with Crippen molar-refractivity contribution in [2.24, 2.45) is 0 Å². The molecule has 3 heterocycles. The summed E-state index contributed by atoms with van der Waals surface area (Å²) in [5.41, 5.74) is 2.19. The molecule has 2 aromatic rings. The highest BCUT2D eigenvalue weighted by atomic mass is 16.2. The van der Waals surface area contributed by atoms with Crippen molar-refractivity contribution in [2.75, 3.05) is 39.3 Å². The number of benzene rings is 1. The molecule has 1 fully saturated rings. The lowest BCUT2D eigenvalue weighted by molar-refractivity contribution is -0.166. The molecule has 1 saturated heterocycles. The Labute approximate surface area is 191 Å². The van der Waals surface area contributed by atoms with E-state index in [1.807, 2.05) is 19.1 Å². The monoisotopic (exact) mass is 438 g/mol. The molecule has 1 N–H and O–H groups in total. The number of nitrogens with one attached hydrogen (secondary N) is 1.